The molecule has 4 aliphatic rings. The number of benzene rings is 1. The topological polar surface area (TPSA) is 17.1 Å². The van der Waals surface area contributed by atoms with Gasteiger partial charge in [0.25, 0.3) is 0 Å². The molecule has 0 heterocycles. The van der Waals surface area contributed by atoms with Crippen LogP contribution in [0, 0.1) is 46.3 Å². The van der Waals surface area contributed by atoms with E-state index in [-0.39, 0.29) is 11.2 Å². The predicted octanol–water partition coefficient (Wildman–Crippen LogP) is 9.29. The number of carbonyl (C=O) groups is 1. The third kappa shape index (κ3) is 4.51. The Morgan fingerprint density at radius 3 is 2.49 bits per heavy atom. The summed E-state index contributed by atoms with van der Waals surface area (Å²) in [5.74, 6) is 5.33. The number of ketones is 1. The summed E-state index contributed by atoms with van der Waals surface area (Å²) in [7, 11) is 0. The maximum Gasteiger partial charge on any atom is 0.181 e. The first-order valence-corrected chi connectivity index (χ1v) is 14.7. The summed E-state index contributed by atoms with van der Waals surface area (Å²) >= 11 is 0. The lowest BCUT2D eigenvalue weighted by molar-refractivity contribution is -0.113. The van der Waals surface area contributed by atoms with E-state index in [2.05, 4.69) is 77.1 Å². The predicted molar refractivity (Wildman–Crippen MR) is 148 cm³/mol. The van der Waals surface area contributed by atoms with Crippen molar-refractivity contribution >= 4 is 11.9 Å². The Kier molecular flexibility index (Phi) is 6.92. The zero-order chi connectivity index (χ0) is 24.8. The van der Waals surface area contributed by atoms with Crippen LogP contribution in [-0.2, 0) is 4.79 Å². The largest absolute Gasteiger partial charge is 0.290 e. The van der Waals surface area contributed by atoms with Crippen molar-refractivity contribution in [2.45, 2.75) is 98.8 Å². The maximum absolute atomic E-state index is 13.1. The monoisotopic (exact) mass is 472 g/mol. The van der Waals surface area contributed by atoms with Gasteiger partial charge in [0, 0.05) is 5.57 Å². The van der Waals surface area contributed by atoms with E-state index in [1.54, 1.807) is 0 Å². The Bertz CT molecular complexity index is 983. The van der Waals surface area contributed by atoms with Crippen molar-refractivity contribution in [3.63, 3.8) is 0 Å². The molecule has 3 saturated carbocycles. The normalized spacial score (nSPS) is 38.6. The average molecular weight is 473 g/mol. The minimum atomic E-state index is 0.166. The fraction of sp³-hybridized carbons (Fsp3) is 0.676. The zero-order valence-electron chi connectivity index (χ0n) is 23.0. The van der Waals surface area contributed by atoms with Gasteiger partial charge in [-0.25, -0.2) is 0 Å². The van der Waals surface area contributed by atoms with Gasteiger partial charge in [0.15, 0.2) is 5.78 Å². The van der Waals surface area contributed by atoms with E-state index in [0.29, 0.717) is 5.41 Å². The highest BCUT2D eigenvalue weighted by atomic mass is 16.1. The van der Waals surface area contributed by atoms with Gasteiger partial charge in [-0.2, -0.15) is 0 Å². The second-order valence-corrected chi connectivity index (χ2v) is 13.7. The highest BCUT2D eigenvalue weighted by molar-refractivity contribution is 6.08. The molecular formula is C34H48O. The summed E-state index contributed by atoms with van der Waals surface area (Å²) in [4.78, 5) is 13.1. The van der Waals surface area contributed by atoms with Crippen molar-refractivity contribution in [3.05, 3.63) is 53.1 Å². The van der Waals surface area contributed by atoms with E-state index >= 15 is 0 Å². The Hall–Kier alpha value is -1.63. The molecule has 4 aliphatic carbocycles. The summed E-state index contributed by atoms with van der Waals surface area (Å²) in [6.07, 6.45) is 17.5. The Balaban J connectivity index is 1.36. The van der Waals surface area contributed by atoms with Crippen LogP contribution in [0.25, 0.3) is 6.08 Å². The maximum atomic E-state index is 13.1. The number of hydrogen-bond donors (Lipinski definition) is 0. The van der Waals surface area contributed by atoms with E-state index < -0.39 is 0 Å². The lowest BCUT2D eigenvalue weighted by Gasteiger charge is -2.58. The van der Waals surface area contributed by atoms with Gasteiger partial charge < -0.3 is 0 Å². The van der Waals surface area contributed by atoms with Crippen molar-refractivity contribution in [2.24, 2.45) is 46.3 Å². The van der Waals surface area contributed by atoms with E-state index in [4.69, 9.17) is 0 Å². The summed E-state index contributed by atoms with van der Waals surface area (Å²) in [5.41, 5.74) is 4.35. The third-order valence-corrected chi connectivity index (χ3v) is 11.3. The lowest BCUT2D eigenvalue weighted by Crippen LogP contribution is -2.51. The second-order valence-electron chi connectivity index (χ2n) is 13.7. The van der Waals surface area contributed by atoms with Gasteiger partial charge in [-0.3, -0.25) is 4.79 Å². The Morgan fingerprint density at radius 1 is 0.971 bits per heavy atom. The van der Waals surface area contributed by atoms with Crippen LogP contribution in [0.1, 0.15) is 104 Å². The molecule has 1 aromatic rings. The third-order valence-electron chi connectivity index (χ3n) is 11.3. The molecule has 190 valence electrons. The molecule has 0 aromatic heterocycles. The molecule has 1 nitrogen and oxygen atoms in total. The fourth-order valence-corrected chi connectivity index (χ4v) is 9.44. The molecule has 0 amide bonds. The van der Waals surface area contributed by atoms with Gasteiger partial charge in [0.2, 0.25) is 0 Å². The number of hydrogen-bond acceptors (Lipinski definition) is 1. The van der Waals surface area contributed by atoms with E-state index in [0.717, 1.165) is 59.5 Å². The second kappa shape index (κ2) is 9.68. The van der Waals surface area contributed by atoms with Crippen LogP contribution < -0.4 is 0 Å². The molecule has 7 atom stereocenters. The molecule has 3 fully saturated rings. The van der Waals surface area contributed by atoms with Crippen LogP contribution in [-0.4, -0.2) is 5.78 Å². The summed E-state index contributed by atoms with van der Waals surface area (Å²) in [6.45, 7) is 12.5. The highest BCUT2D eigenvalue weighted by Gasteiger charge is 2.59. The van der Waals surface area contributed by atoms with Crippen molar-refractivity contribution < 1.29 is 4.79 Å². The molecule has 0 N–H and O–H groups in total. The smallest absolute Gasteiger partial charge is 0.181 e. The van der Waals surface area contributed by atoms with Gasteiger partial charge in [0.05, 0.1) is 0 Å². The van der Waals surface area contributed by atoms with Crippen LogP contribution in [0.3, 0.4) is 0 Å². The van der Waals surface area contributed by atoms with Crippen molar-refractivity contribution in [3.8, 4) is 0 Å². The van der Waals surface area contributed by atoms with Gasteiger partial charge >= 0.3 is 0 Å². The zero-order valence-corrected chi connectivity index (χ0v) is 23.0. The Labute approximate surface area is 214 Å². The molecule has 0 spiro atoms. The minimum absolute atomic E-state index is 0.166. The van der Waals surface area contributed by atoms with E-state index in [9.17, 15) is 4.79 Å². The van der Waals surface area contributed by atoms with E-state index in [1.807, 2.05) is 0 Å². The summed E-state index contributed by atoms with van der Waals surface area (Å²) in [6, 6.07) is 10.4. The van der Waals surface area contributed by atoms with Crippen LogP contribution in [0.5, 0.6) is 0 Å². The SMILES string of the molecule is CC(C)CCC[C@@H](C)[C@H]1CC[C@H]2[C@@H]3CCC4=CC(=O)/C(=C/c5ccccc5)C[C@]4(C)[C@H]3CC[C@]12C. The summed E-state index contributed by atoms with van der Waals surface area (Å²) in [5, 5.41) is 0. The average Bonchev–Trinajstić information content (AvgIpc) is 3.18. The molecule has 1 heteroatoms. The van der Waals surface area contributed by atoms with Gasteiger partial charge in [-0.05, 0) is 109 Å². The Morgan fingerprint density at radius 2 is 1.74 bits per heavy atom. The van der Waals surface area contributed by atoms with Crippen LogP contribution in [0.2, 0.25) is 0 Å². The molecule has 0 aliphatic heterocycles. The molecule has 0 saturated heterocycles. The number of rotatable bonds is 6. The highest BCUT2D eigenvalue weighted by Crippen LogP contribution is 2.68. The first-order chi connectivity index (χ1) is 16.7. The first-order valence-electron chi connectivity index (χ1n) is 14.7. The molecule has 0 radical (unpaired) electrons. The number of fused-ring (bicyclic) bond motifs is 5. The molecule has 0 unspecified atom stereocenters. The van der Waals surface area contributed by atoms with Crippen molar-refractivity contribution in [1.82, 2.24) is 0 Å². The minimum Gasteiger partial charge on any atom is -0.290 e. The molecule has 35 heavy (non-hydrogen) atoms. The standard InChI is InChI=1S/C34H48O/c1-23(2)10-9-11-24(3)29-16-17-30-28-15-14-27-21-32(35)26(20-25-12-7-6-8-13-25)22-34(27,5)31(28)18-19-33(29,30)4/h6-8,12-13,20-21,23-24,28-31H,9-11,14-19,22H2,1-5H3/b26-20+/t24-,28+,29-,30+,31+,33-,34+/m1/s1. The quantitative estimate of drug-likeness (QED) is 0.377. The summed E-state index contributed by atoms with van der Waals surface area (Å²) < 4.78 is 0. The lowest BCUT2D eigenvalue weighted by atomic mass is 9.46. The molecule has 1 aromatic carbocycles. The fourth-order valence-electron chi connectivity index (χ4n) is 9.44. The van der Waals surface area contributed by atoms with Gasteiger partial charge in [-0.15, -0.1) is 0 Å². The van der Waals surface area contributed by atoms with Crippen LogP contribution >= 0.6 is 0 Å². The van der Waals surface area contributed by atoms with Gasteiger partial charge in [0.1, 0.15) is 0 Å². The van der Waals surface area contributed by atoms with E-state index in [1.165, 1.54) is 56.9 Å². The first kappa shape index (κ1) is 25.0. The van der Waals surface area contributed by atoms with Crippen LogP contribution in [0.15, 0.2) is 47.6 Å². The molecular weight excluding hydrogens is 424 g/mol. The number of carbonyl (C=O) groups excluding carboxylic acids is 1. The molecule has 5 rings (SSSR count). The van der Waals surface area contributed by atoms with Gasteiger partial charge in [-0.1, -0.05) is 89.8 Å². The van der Waals surface area contributed by atoms with Crippen LogP contribution in [0.4, 0.5) is 0 Å². The molecule has 0 bridgehead atoms. The van der Waals surface area contributed by atoms with Crippen molar-refractivity contribution in [1.29, 1.82) is 0 Å². The number of allylic oxidation sites excluding steroid dienone is 2. The van der Waals surface area contributed by atoms with Crippen molar-refractivity contribution in [2.75, 3.05) is 0 Å².